The number of benzene rings is 11. The number of anilines is 3. The lowest BCUT2D eigenvalue weighted by atomic mass is 9.83. The second-order valence-corrected chi connectivity index (χ2v) is 18.6. The number of nitrogens with zero attached hydrogens (tertiary/aromatic N) is 1. The maximum absolute atomic E-state index is 2.52. The lowest BCUT2D eigenvalue weighted by Crippen LogP contribution is -2.12. The van der Waals surface area contributed by atoms with E-state index in [1.54, 1.807) is 0 Å². The quantitative estimate of drug-likeness (QED) is 0.0823. The summed E-state index contributed by atoms with van der Waals surface area (Å²) in [5.74, 6) is 0. The molecule has 11 aromatic rings. The van der Waals surface area contributed by atoms with E-state index in [9.17, 15) is 0 Å². The number of rotatable bonds is 13. The first-order chi connectivity index (χ1) is 34.6. The minimum Gasteiger partial charge on any atom is -0.309 e. The first-order valence-electron chi connectivity index (χ1n) is 25.0. The van der Waals surface area contributed by atoms with Gasteiger partial charge in [-0.3, -0.25) is 0 Å². The first-order valence-corrected chi connectivity index (χ1v) is 25.0. The third-order valence-corrected chi connectivity index (χ3v) is 14.0. The Morgan fingerprint density at radius 3 is 1.41 bits per heavy atom. The third-order valence-electron chi connectivity index (χ3n) is 14.0. The number of para-hydroxylation sites is 1. The van der Waals surface area contributed by atoms with E-state index in [4.69, 9.17) is 0 Å². The summed E-state index contributed by atoms with van der Waals surface area (Å²) in [6.45, 7) is 6.83. The molecule has 0 saturated heterocycles. The van der Waals surface area contributed by atoms with Gasteiger partial charge in [0.2, 0.25) is 0 Å². The largest absolute Gasteiger partial charge is 0.309 e. The Bertz CT molecular complexity index is 3660. The number of allylic oxidation sites excluding steroid dienone is 2. The number of fused-ring (bicyclic) bond motifs is 3. The first kappa shape index (κ1) is 44.3. The van der Waals surface area contributed by atoms with Crippen LogP contribution in [0.2, 0.25) is 0 Å². The smallest absolute Gasteiger partial charge is 0.0540 e. The highest BCUT2D eigenvalue weighted by atomic mass is 15.1. The van der Waals surface area contributed by atoms with Crippen molar-refractivity contribution in [3.05, 3.63) is 259 Å². The Morgan fingerprint density at radius 2 is 0.800 bits per heavy atom. The van der Waals surface area contributed by atoms with Crippen molar-refractivity contribution in [1.82, 2.24) is 0 Å². The Balaban J connectivity index is 1.08. The molecule has 70 heavy (non-hydrogen) atoms. The molecule has 0 aliphatic heterocycles. The van der Waals surface area contributed by atoms with Crippen molar-refractivity contribution >= 4 is 60.5 Å². The average Bonchev–Trinajstić information content (AvgIpc) is 3.42. The Hall–Kier alpha value is -8.26. The van der Waals surface area contributed by atoms with Crippen LogP contribution in [0.4, 0.5) is 17.1 Å². The molecule has 0 radical (unpaired) electrons. The van der Waals surface area contributed by atoms with Gasteiger partial charge in [0.1, 0.15) is 0 Å². The summed E-state index contributed by atoms with van der Waals surface area (Å²) >= 11 is 0. The van der Waals surface area contributed by atoms with E-state index in [1.165, 1.54) is 105 Å². The molecule has 0 atom stereocenters. The molecule has 0 saturated carbocycles. The highest BCUT2D eigenvalue weighted by Gasteiger charge is 2.23. The maximum atomic E-state index is 2.52. The van der Waals surface area contributed by atoms with Gasteiger partial charge in [0.25, 0.3) is 0 Å². The zero-order chi connectivity index (χ0) is 47.4. The van der Waals surface area contributed by atoms with E-state index in [-0.39, 0.29) is 0 Å². The third kappa shape index (κ3) is 8.50. The molecule has 1 nitrogen and oxygen atoms in total. The topological polar surface area (TPSA) is 3.24 Å². The van der Waals surface area contributed by atoms with Gasteiger partial charge in [0.05, 0.1) is 11.4 Å². The maximum Gasteiger partial charge on any atom is 0.0540 e. The van der Waals surface area contributed by atoms with Crippen LogP contribution in [0.5, 0.6) is 0 Å². The van der Waals surface area contributed by atoms with Gasteiger partial charge in [-0.2, -0.15) is 0 Å². The van der Waals surface area contributed by atoms with Gasteiger partial charge < -0.3 is 4.90 Å². The van der Waals surface area contributed by atoms with Crippen LogP contribution < -0.4 is 4.90 Å². The summed E-state index contributed by atoms with van der Waals surface area (Å²) < 4.78 is 0. The van der Waals surface area contributed by atoms with E-state index in [1.807, 2.05) is 0 Å². The van der Waals surface area contributed by atoms with E-state index in [2.05, 4.69) is 268 Å². The second kappa shape index (κ2) is 19.8. The molecule has 1 heteroatoms. The molecule has 338 valence electrons. The summed E-state index contributed by atoms with van der Waals surface area (Å²) in [6, 6.07) is 89.8. The summed E-state index contributed by atoms with van der Waals surface area (Å²) in [7, 11) is 0. The van der Waals surface area contributed by atoms with Gasteiger partial charge in [0, 0.05) is 16.8 Å². The van der Waals surface area contributed by atoms with Crippen LogP contribution in [0.1, 0.15) is 56.2 Å². The molecular weight excluding hydrogens is 843 g/mol. The van der Waals surface area contributed by atoms with Crippen LogP contribution in [0.3, 0.4) is 0 Å². The van der Waals surface area contributed by atoms with E-state index in [0.717, 1.165) is 42.7 Å². The summed E-state index contributed by atoms with van der Waals surface area (Å²) in [4.78, 5) is 2.47. The van der Waals surface area contributed by atoms with Crippen molar-refractivity contribution in [1.29, 1.82) is 0 Å². The average molecular weight is 900 g/mol. The van der Waals surface area contributed by atoms with Crippen LogP contribution in [-0.4, -0.2) is 0 Å². The molecule has 0 N–H and O–H groups in total. The van der Waals surface area contributed by atoms with Gasteiger partial charge in [-0.05, 0) is 150 Å². The second-order valence-electron chi connectivity index (χ2n) is 18.6. The molecule has 11 rings (SSSR count). The standard InChI is InChI=1S/C69H57N/c1-4-22-58(59(23-5-2)56-40-42-63-65(47-56)69(52-30-16-9-17-31-52)62-34-19-18-33-61(62)68(63)51-28-14-8-15-29-51)55-38-37-54-46-57(41-39-53(54)45-55)70(66-35-21-20-32-60(66)49-24-10-6-11-25-49)67-43-36-48(3)44-64(67)50-26-12-7-13-27-50/h6-21,24-47H,4-5,22-23H2,1-3H3/b59-58+. The lowest BCUT2D eigenvalue weighted by Gasteiger charge is -2.30. The highest BCUT2D eigenvalue weighted by Crippen LogP contribution is 2.48. The lowest BCUT2D eigenvalue weighted by molar-refractivity contribution is 0.945. The number of aryl methyl sites for hydroxylation is 1. The molecule has 0 aliphatic carbocycles. The van der Waals surface area contributed by atoms with Gasteiger partial charge in [0.15, 0.2) is 0 Å². The molecule has 0 unspecified atom stereocenters. The zero-order valence-corrected chi connectivity index (χ0v) is 40.4. The van der Waals surface area contributed by atoms with Crippen LogP contribution in [-0.2, 0) is 0 Å². The van der Waals surface area contributed by atoms with Crippen LogP contribution in [0.25, 0.3) is 88.0 Å². The van der Waals surface area contributed by atoms with Crippen LogP contribution >= 0.6 is 0 Å². The molecular formula is C69H57N. The molecule has 0 aliphatic rings. The fourth-order valence-electron chi connectivity index (χ4n) is 10.8. The van der Waals surface area contributed by atoms with E-state index >= 15 is 0 Å². The van der Waals surface area contributed by atoms with Crippen LogP contribution in [0.15, 0.2) is 243 Å². The Morgan fingerprint density at radius 1 is 0.343 bits per heavy atom. The summed E-state index contributed by atoms with van der Waals surface area (Å²) in [5, 5.41) is 7.58. The highest BCUT2D eigenvalue weighted by molar-refractivity contribution is 6.22. The van der Waals surface area contributed by atoms with E-state index < -0.39 is 0 Å². The molecule has 0 aromatic heterocycles. The molecule has 0 heterocycles. The molecule has 0 amide bonds. The molecule has 0 spiro atoms. The fourth-order valence-corrected chi connectivity index (χ4v) is 10.8. The number of hydrogen-bond donors (Lipinski definition) is 0. The van der Waals surface area contributed by atoms with Crippen molar-refractivity contribution in [2.45, 2.75) is 46.5 Å². The van der Waals surface area contributed by atoms with Crippen molar-refractivity contribution < 1.29 is 0 Å². The van der Waals surface area contributed by atoms with E-state index in [0.29, 0.717) is 0 Å². The Labute approximate surface area is 413 Å². The SMILES string of the molecule is CCC/C(=C(/CCC)c1ccc2c(-c3ccccc3)c3ccccc3c(-c3ccccc3)c2c1)c1ccc2cc(N(c3ccccc3-c3ccccc3)c3ccc(C)cc3-c3ccccc3)ccc2c1. The summed E-state index contributed by atoms with van der Waals surface area (Å²) in [5.41, 5.74) is 19.9. The predicted molar refractivity (Wildman–Crippen MR) is 303 cm³/mol. The zero-order valence-electron chi connectivity index (χ0n) is 40.4. The van der Waals surface area contributed by atoms with Crippen molar-refractivity contribution in [2.24, 2.45) is 0 Å². The van der Waals surface area contributed by atoms with Crippen molar-refractivity contribution in [3.63, 3.8) is 0 Å². The predicted octanol–water partition coefficient (Wildman–Crippen LogP) is 20.1. The molecule has 11 aromatic carbocycles. The fraction of sp³-hybridized carbons (Fsp3) is 0.101. The van der Waals surface area contributed by atoms with Crippen molar-refractivity contribution in [2.75, 3.05) is 4.90 Å². The molecule has 0 fully saturated rings. The van der Waals surface area contributed by atoms with Gasteiger partial charge in [-0.15, -0.1) is 0 Å². The van der Waals surface area contributed by atoms with Gasteiger partial charge >= 0.3 is 0 Å². The Kier molecular flexibility index (Phi) is 12.5. The van der Waals surface area contributed by atoms with Gasteiger partial charge in [-0.25, -0.2) is 0 Å². The monoisotopic (exact) mass is 899 g/mol. The number of hydrogen-bond acceptors (Lipinski definition) is 1. The van der Waals surface area contributed by atoms with Gasteiger partial charge in [-0.1, -0.05) is 232 Å². The van der Waals surface area contributed by atoms with Crippen LogP contribution in [0, 0.1) is 6.92 Å². The minimum absolute atomic E-state index is 0.994. The summed E-state index contributed by atoms with van der Waals surface area (Å²) in [6.07, 6.45) is 4.10. The van der Waals surface area contributed by atoms with Crippen molar-refractivity contribution in [3.8, 4) is 44.5 Å². The molecule has 0 bridgehead atoms. The minimum atomic E-state index is 0.994. The normalized spacial score (nSPS) is 11.8.